The Labute approximate surface area is 118 Å². The van der Waals surface area contributed by atoms with Gasteiger partial charge in [0.1, 0.15) is 6.61 Å². The molecule has 108 valence electrons. The van der Waals surface area contributed by atoms with Crippen molar-refractivity contribution in [1.82, 2.24) is 5.32 Å². The molecular formula is C15H19NO4. The Balaban J connectivity index is 1.94. The van der Waals surface area contributed by atoms with E-state index in [2.05, 4.69) is 5.32 Å². The lowest BCUT2D eigenvalue weighted by Crippen LogP contribution is -2.45. The molecule has 0 saturated carbocycles. The molecule has 5 nitrogen and oxygen atoms in total. The molecule has 20 heavy (non-hydrogen) atoms. The Morgan fingerprint density at radius 2 is 1.95 bits per heavy atom. The van der Waals surface area contributed by atoms with Crippen LogP contribution in [0.25, 0.3) is 0 Å². The zero-order chi connectivity index (χ0) is 14.4. The average molecular weight is 277 g/mol. The van der Waals surface area contributed by atoms with Crippen LogP contribution in [0.5, 0.6) is 0 Å². The molecule has 0 amide bonds. The smallest absolute Gasteiger partial charge is 0.310 e. The van der Waals surface area contributed by atoms with E-state index < -0.39 is 11.8 Å². The normalized spacial score (nSPS) is 22.1. The number of methoxy groups -OCH3 is 1. The molecule has 1 fully saturated rings. The maximum absolute atomic E-state index is 12.1. The summed E-state index contributed by atoms with van der Waals surface area (Å²) in [5.41, 5.74) is 0.935. The van der Waals surface area contributed by atoms with Crippen LogP contribution in [0.3, 0.4) is 0 Å². The monoisotopic (exact) mass is 277 g/mol. The van der Waals surface area contributed by atoms with Gasteiger partial charge in [0.2, 0.25) is 0 Å². The summed E-state index contributed by atoms with van der Waals surface area (Å²) in [4.78, 5) is 23.8. The SMILES string of the molecule is COC(=O)C1CNCCC1C(=O)OCc1ccccc1. The molecular weight excluding hydrogens is 258 g/mol. The Morgan fingerprint density at radius 1 is 1.20 bits per heavy atom. The number of carbonyl (C=O) groups is 2. The van der Waals surface area contributed by atoms with Gasteiger partial charge in [-0.25, -0.2) is 0 Å². The van der Waals surface area contributed by atoms with Crippen LogP contribution in [-0.4, -0.2) is 32.1 Å². The summed E-state index contributed by atoms with van der Waals surface area (Å²) in [7, 11) is 1.34. The first-order valence-corrected chi connectivity index (χ1v) is 6.71. The van der Waals surface area contributed by atoms with Crippen LogP contribution in [0.2, 0.25) is 0 Å². The molecule has 2 rings (SSSR count). The van der Waals surface area contributed by atoms with E-state index in [4.69, 9.17) is 9.47 Å². The molecule has 1 aromatic carbocycles. The third-order valence-electron chi connectivity index (χ3n) is 3.51. The molecule has 0 spiro atoms. The van der Waals surface area contributed by atoms with Crippen LogP contribution in [0, 0.1) is 11.8 Å². The first kappa shape index (κ1) is 14.5. The van der Waals surface area contributed by atoms with E-state index >= 15 is 0 Å². The maximum atomic E-state index is 12.1. The summed E-state index contributed by atoms with van der Waals surface area (Å²) >= 11 is 0. The summed E-state index contributed by atoms with van der Waals surface area (Å²) in [6.07, 6.45) is 0.591. The fourth-order valence-corrected chi connectivity index (χ4v) is 2.38. The van der Waals surface area contributed by atoms with Gasteiger partial charge in [0.05, 0.1) is 18.9 Å². The minimum atomic E-state index is -0.461. The summed E-state index contributed by atoms with van der Waals surface area (Å²) in [6, 6.07) is 9.49. The Bertz CT molecular complexity index is 460. The zero-order valence-electron chi connectivity index (χ0n) is 11.5. The van der Waals surface area contributed by atoms with Gasteiger partial charge in [-0.3, -0.25) is 9.59 Å². The molecule has 0 aromatic heterocycles. The van der Waals surface area contributed by atoms with Crippen molar-refractivity contribution in [3.63, 3.8) is 0 Å². The highest BCUT2D eigenvalue weighted by atomic mass is 16.5. The van der Waals surface area contributed by atoms with Gasteiger partial charge in [0, 0.05) is 6.54 Å². The highest BCUT2D eigenvalue weighted by Gasteiger charge is 2.37. The second-order valence-electron chi connectivity index (χ2n) is 4.82. The lowest BCUT2D eigenvalue weighted by molar-refractivity contribution is -0.161. The number of ether oxygens (including phenoxy) is 2. The number of piperidine rings is 1. The van der Waals surface area contributed by atoms with E-state index in [1.54, 1.807) is 0 Å². The van der Waals surface area contributed by atoms with E-state index in [9.17, 15) is 9.59 Å². The number of benzene rings is 1. The summed E-state index contributed by atoms with van der Waals surface area (Å²) < 4.78 is 10.1. The van der Waals surface area contributed by atoms with Gasteiger partial charge in [0.25, 0.3) is 0 Å². The van der Waals surface area contributed by atoms with Gasteiger partial charge in [0.15, 0.2) is 0 Å². The number of hydrogen-bond acceptors (Lipinski definition) is 5. The first-order valence-electron chi connectivity index (χ1n) is 6.71. The van der Waals surface area contributed by atoms with Crippen LogP contribution >= 0.6 is 0 Å². The van der Waals surface area contributed by atoms with Crippen molar-refractivity contribution in [2.75, 3.05) is 20.2 Å². The first-order chi connectivity index (χ1) is 9.72. The van der Waals surface area contributed by atoms with E-state index in [-0.39, 0.29) is 18.5 Å². The van der Waals surface area contributed by atoms with Crippen molar-refractivity contribution in [3.8, 4) is 0 Å². The molecule has 1 heterocycles. The van der Waals surface area contributed by atoms with Crippen LogP contribution in [0.4, 0.5) is 0 Å². The largest absolute Gasteiger partial charge is 0.469 e. The van der Waals surface area contributed by atoms with E-state index in [0.29, 0.717) is 19.5 Å². The summed E-state index contributed by atoms with van der Waals surface area (Å²) in [6.45, 7) is 1.40. The fourth-order valence-electron chi connectivity index (χ4n) is 2.38. The molecule has 2 atom stereocenters. The van der Waals surface area contributed by atoms with Crippen molar-refractivity contribution in [1.29, 1.82) is 0 Å². The number of hydrogen-bond donors (Lipinski definition) is 1. The molecule has 0 bridgehead atoms. The highest BCUT2D eigenvalue weighted by molar-refractivity contribution is 5.82. The second-order valence-corrected chi connectivity index (χ2v) is 4.82. The van der Waals surface area contributed by atoms with Gasteiger partial charge in [-0.1, -0.05) is 30.3 Å². The topological polar surface area (TPSA) is 64.6 Å². The van der Waals surface area contributed by atoms with Crippen molar-refractivity contribution >= 4 is 11.9 Å². The standard InChI is InChI=1S/C15H19NO4/c1-19-14(17)13-9-16-8-7-12(13)15(18)20-10-11-5-3-2-4-6-11/h2-6,12-13,16H,7-10H2,1H3. The molecule has 1 aromatic rings. The summed E-state index contributed by atoms with van der Waals surface area (Å²) in [5.74, 6) is -1.57. The second kappa shape index (κ2) is 7.05. The number of carbonyl (C=O) groups excluding carboxylic acids is 2. The van der Waals surface area contributed by atoms with Gasteiger partial charge in [-0.05, 0) is 18.5 Å². The zero-order valence-corrected chi connectivity index (χ0v) is 11.5. The average Bonchev–Trinajstić information content (AvgIpc) is 2.52. The third-order valence-corrected chi connectivity index (χ3v) is 3.51. The Morgan fingerprint density at radius 3 is 2.65 bits per heavy atom. The quantitative estimate of drug-likeness (QED) is 0.836. The molecule has 1 aliphatic rings. The van der Waals surface area contributed by atoms with Crippen LogP contribution in [0.15, 0.2) is 30.3 Å². The van der Waals surface area contributed by atoms with Crippen molar-refractivity contribution in [3.05, 3.63) is 35.9 Å². The van der Waals surface area contributed by atoms with Crippen LogP contribution in [0.1, 0.15) is 12.0 Å². The predicted octanol–water partition coefficient (Wildman–Crippen LogP) is 1.13. The highest BCUT2D eigenvalue weighted by Crippen LogP contribution is 2.22. The van der Waals surface area contributed by atoms with Gasteiger partial charge in [-0.2, -0.15) is 0 Å². The molecule has 0 aliphatic carbocycles. The lowest BCUT2D eigenvalue weighted by atomic mass is 9.86. The van der Waals surface area contributed by atoms with E-state index in [1.165, 1.54) is 7.11 Å². The third kappa shape index (κ3) is 3.57. The minimum absolute atomic E-state index is 0.234. The molecule has 1 aliphatic heterocycles. The van der Waals surface area contributed by atoms with Gasteiger partial charge in [-0.15, -0.1) is 0 Å². The van der Waals surface area contributed by atoms with E-state index in [0.717, 1.165) is 5.56 Å². The molecule has 1 saturated heterocycles. The lowest BCUT2D eigenvalue weighted by Gasteiger charge is -2.28. The summed E-state index contributed by atoms with van der Waals surface area (Å²) in [5, 5.41) is 3.10. The molecule has 2 unspecified atom stereocenters. The van der Waals surface area contributed by atoms with Crippen LogP contribution in [-0.2, 0) is 25.7 Å². The predicted molar refractivity (Wildman–Crippen MR) is 72.7 cm³/mol. The Hall–Kier alpha value is -1.88. The van der Waals surface area contributed by atoms with Crippen LogP contribution < -0.4 is 5.32 Å². The maximum Gasteiger partial charge on any atom is 0.310 e. The van der Waals surface area contributed by atoms with Gasteiger partial charge < -0.3 is 14.8 Å². The molecule has 0 radical (unpaired) electrons. The minimum Gasteiger partial charge on any atom is -0.469 e. The molecule has 1 N–H and O–H groups in total. The van der Waals surface area contributed by atoms with E-state index in [1.807, 2.05) is 30.3 Å². The van der Waals surface area contributed by atoms with Gasteiger partial charge >= 0.3 is 11.9 Å². The number of nitrogens with one attached hydrogen (secondary N) is 1. The van der Waals surface area contributed by atoms with Crippen molar-refractivity contribution < 1.29 is 19.1 Å². The molecule has 5 heteroatoms. The Kier molecular flexibility index (Phi) is 5.12. The van der Waals surface area contributed by atoms with Crippen molar-refractivity contribution in [2.24, 2.45) is 11.8 Å². The van der Waals surface area contributed by atoms with Crippen molar-refractivity contribution in [2.45, 2.75) is 13.0 Å². The number of rotatable bonds is 4. The number of esters is 2. The fraction of sp³-hybridized carbons (Fsp3) is 0.467.